The number of aromatic nitrogens is 2. The van der Waals surface area contributed by atoms with E-state index in [0.29, 0.717) is 35.4 Å². The third-order valence-electron chi connectivity index (χ3n) is 3.62. The topological polar surface area (TPSA) is 118 Å². The van der Waals surface area contributed by atoms with Crippen molar-refractivity contribution in [1.29, 1.82) is 0 Å². The van der Waals surface area contributed by atoms with Gasteiger partial charge in [-0.3, -0.25) is 9.78 Å². The van der Waals surface area contributed by atoms with Crippen LogP contribution in [0.3, 0.4) is 0 Å². The van der Waals surface area contributed by atoms with E-state index in [1.54, 1.807) is 18.2 Å². The molecule has 0 amide bonds. The first-order valence-electron chi connectivity index (χ1n) is 6.69. The van der Waals surface area contributed by atoms with E-state index in [4.69, 9.17) is 5.73 Å². The summed E-state index contributed by atoms with van der Waals surface area (Å²) in [6.07, 6.45) is 1.04. The molecule has 1 aliphatic heterocycles. The monoisotopic (exact) mass is 308 g/mol. The molecule has 1 aromatic carbocycles. The molecule has 0 bridgehead atoms. The lowest BCUT2D eigenvalue weighted by Gasteiger charge is -2.23. The van der Waals surface area contributed by atoms with Crippen molar-refractivity contribution in [2.45, 2.75) is 18.9 Å². The average molecular weight is 308 g/mol. The van der Waals surface area contributed by atoms with E-state index in [9.17, 15) is 13.2 Å². The van der Waals surface area contributed by atoms with Crippen LogP contribution in [0.15, 0.2) is 23.0 Å². The fraction of sp³-hybridized carbons (Fsp3) is 0.385. The van der Waals surface area contributed by atoms with Gasteiger partial charge in [-0.1, -0.05) is 0 Å². The highest BCUT2D eigenvalue weighted by molar-refractivity contribution is 7.91. The number of sulfone groups is 1. The van der Waals surface area contributed by atoms with Gasteiger partial charge in [0.05, 0.1) is 22.4 Å². The van der Waals surface area contributed by atoms with Gasteiger partial charge in [0, 0.05) is 11.7 Å². The molecule has 8 heteroatoms. The van der Waals surface area contributed by atoms with Gasteiger partial charge in [0.15, 0.2) is 0 Å². The Bertz CT molecular complexity index is 830. The zero-order valence-electron chi connectivity index (χ0n) is 11.3. The summed E-state index contributed by atoms with van der Waals surface area (Å²) >= 11 is 0. The SMILES string of the molecule is Nc1ccc2nc(NC3CCS(=O)(=O)CC3)[nH]c(=O)c2c1. The zero-order chi connectivity index (χ0) is 15.0. The van der Waals surface area contributed by atoms with Gasteiger partial charge in [-0.25, -0.2) is 13.4 Å². The summed E-state index contributed by atoms with van der Waals surface area (Å²) < 4.78 is 22.8. The van der Waals surface area contributed by atoms with Gasteiger partial charge in [0.25, 0.3) is 5.56 Å². The van der Waals surface area contributed by atoms with Crippen LogP contribution in [0.1, 0.15) is 12.8 Å². The molecular weight excluding hydrogens is 292 g/mol. The fourth-order valence-corrected chi connectivity index (χ4v) is 3.94. The molecule has 3 rings (SSSR count). The quantitative estimate of drug-likeness (QED) is 0.695. The van der Waals surface area contributed by atoms with Gasteiger partial charge in [-0.15, -0.1) is 0 Å². The van der Waals surface area contributed by atoms with Crippen LogP contribution in [-0.2, 0) is 9.84 Å². The summed E-state index contributed by atoms with van der Waals surface area (Å²) in [5.74, 6) is 0.694. The molecule has 0 aliphatic carbocycles. The van der Waals surface area contributed by atoms with Gasteiger partial charge in [-0.05, 0) is 31.0 Å². The average Bonchev–Trinajstić information content (AvgIpc) is 2.42. The van der Waals surface area contributed by atoms with E-state index < -0.39 is 9.84 Å². The van der Waals surface area contributed by atoms with Gasteiger partial charge >= 0.3 is 0 Å². The van der Waals surface area contributed by atoms with Crippen molar-refractivity contribution in [1.82, 2.24) is 9.97 Å². The van der Waals surface area contributed by atoms with Crippen LogP contribution >= 0.6 is 0 Å². The molecule has 21 heavy (non-hydrogen) atoms. The highest BCUT2D eigenvalue weighted by atomic mass is 32.2. The number of nitrogens with one attached hydrogen (secondary N) is 2. The van der Waals surface area contributed by atoms with Gasteiger partial charge in [0.2, 0.25) is 5.95 Å². The maximum absolute atomic E-state index is 12.0. The normalized spacial score (nSPS) is 18.7. The van der Waals surface area contributed by atoms with Gasteiger partial charge in [0.1, 0.15) is 9.84 Å². The second-order valence-corrected chi connectivity index (χ2v) is 7.57. The number of anilines is 2. The van der Waals surface area contributed by atoms with Crippen molar-refractivity contribution >= 4 is 32.4 Å². The third kappa shape index (κ3) is 2.99. The Kier molecular flexibility index (Phi) is 3.32. The standard InChI is InChI=1S/C13H16N4O3S/c14-8-1-2-11-10(7-8)12(18)17-13(16-11)15-9-3-5-21(19,20)6-4-9/h1-2,7,9H,3-6,14H2,(H2,15,16,17,18). The predicted octanol–water partition coefficient (Wildman–Crippen LogP) is 0.494. The van der Waals surface area contributed by atoms with Crippen LogP contribution in [0.25, 0.3) is 10.9 Å². The Morgan fingerprint density at radius 2 is 2.00 bits per heavy atom. The van der Waals surface area contributed by atoms with Crippen molar-refractivity contribution in [3.05, 3.63) is 28.6 Å². The second-order valence-electron chi connectivity index (χ2n) is 5.26. The van der Waals surface area contributed by atoms with Crippen molar-refractivity contribution < 1.29 is 8.42 Å². The van der Waals surface area contributed by atoms with E-state index >= 15 is 0 Å². The van der Waals surface area contributed by atoms with Crippen LogP contribution in [0, 0.1) is 0 Å². The lowest BCUT2D eigenvalue weighted by Crippen LogP contribution is -2.33. The molecule has 4 N–H and O–H groups in total. The fourth-order valence-electron chi connectivity index (χ4n) is 2.45. The number of aromatic amines is 1. The highest BCUT2D eigenvalue weighted by Crippen LogP contribution is 2.17. The van der Waals surface area contributed by atoms with E-state index in [0.717, 1.165) is 0 Å². The van der Waals surface area contributed by atoms with E-state index in [1.807, 2.05) is 0 Å². The molecule has 7 nitrogen and oxygen atoms in total. The first-order valence-corrected chi connectivity index (χ1v) is 8.52. The molecule has 1 saturated heterocycles. The van der Waals surface area contributed by atoms with Crippen LogP contribution in [0.2, 0.25) is 0 Å². The molecular formula is C13H16N4O3S. The molecule has 1 aliphatic rings. The highest BCUT2D eigenvalue weighted by Gasteiger charge is 2.23. The molecule has 2 aromatic rings. The Morgan fingerprint density at radius 1 is 1.29 bits per heavy atom. The number of rotatable bonds is 2. The maximum atomic E-state index is 12.0. The summed E-state index contributed by atoms with van der Waals surface area (Å²) in [6, 6.07) is 4.96. The first-order chi connectivity index (χ1) is 9.93. The minimum Gasteiger partial charge on any atom is -0.399 e. The van der Waals surface area contributed by atoms with E-state index in [2.05, 4.69) is 15.3 Å². The number of hydrogen-bond donors (Lipinski definition) is 3. The van der Waals surface area contributed by atoms with E-state index in [-0.39, 0.29) is 23.1 Å². The summed E-state index contributed by atoms with van der Waals surface area (Å²) in [5, 5.41) is 3.54. The van der Waals surface area contributed by atoms with Crippen LogP contribution in [0.5, 0.6) is 0 Å². The Hall–Kier alpha value is -2.09. The maximum Gasteiger partial charge on any atom is 0.260 e. The first kappa shape index (κ1) is 13.9. The molecule has 0 radical (unpaired) electrons. The lowest BCUT2D eigenvalue weighted by molar-refractivity contribution is 0.558. The molecule has 0 atom stereocenters. The number of hydrogen-bond acceptors (Lipinski definition) is 6. The number of nitrogens with two attached hydrogens (primary N) is 1. The van der Waals surface area contributed by atoms with Crippen molar-refractivity contribution in [3.63, 3.8) is 0 Å². The molecule has 1 fully saturated rings. The molecule has 1 aromatic heterocycles. The minimum absolute atomic E-state index is 0.00269. The Balaban J connectivity index is 1.85. The number of nitrogen functional groups attached to an aromatic ring is 1. The molecule has 2 heterocycles. The van der Waals surface area contributed by atoms with Crippen molar-refractivity contribution in [2.75, 3.05) is 22.6 Å². The zero-order valence-corrected chi connectivity index (χ0v) is 12.1. The van der Waals surface area contributed by atoms with Crippen molar-refractivity contribution in [3.8, 4) is 0 Å². The third-order valence-corrected chi connectivity index (χ3v) is 5.34. The number of fused-ring (bicyclic) bond motifs is 1. The largest absolute Gasteiger partial charge is 0.399 e. The Labute approximate surface area is 121 Å². The summed E-state index contributed by atoms with van der Waals surface area (Å²) in [5.41, 5.74) is 6.45. The van der Waals surface area contributed by atoms with Gasteiger partial charge in [-0.2, -0.15) is 0 Å². The number of benzene rings is 1. The number of nitrogens with zero attached hydrogens (tertiary/aromatic N) is 1. The van der Waals surface area contributed by atoms with Crippen LogP contribution in [-0.4, -0.2) is 35.9 Å². The van der Waals surface area contributed by atoms with E-state index in [1.165, 1.54) is 0 Å². The second kappa shape index (κ2) is 5.03. The number of H-pyrrole nitrogens is 1. The Morgan fingerprint density at radius 3 is 2.71 bits per heavy atom. The molecule has 0 saturated carbocycles. The molecule has 0 unspecified atom stereocenters. The summed E-state index contributed by atoms with van der Waals surface area (Å²) in [6.45, 7) is 0. The summed E-state index contributed by atoms with van der Waals surface area (Å²) in [4.78, 5) is 19.0. The smallest absolute Gasteiger partial charge is 0.260 e. The molecule has 0 spiro atoms. The minimum atomic E-state index is -2.90. The van der Waals surface area contributed by atoms with Crippen molar-refractivity contribution in [2.24, 2.45) is 0 Å². The van der Waals surface area contributed by atoms with Crippen LogP contribution < -0.4 is 16.6 Å². The van der Waals surface area contributed by atoms with Gasteiger partial charge < -0.3 is 11.1 Å². The summed E-state index contributed by atoms with van der Waals surface area (Å²) in [7, 11) is -2.90. The lowest BCUT2D eigenvalue weighted by atomic mass is 10.1. The predicted molar refractivity (Wildman–Crippen MR) is 82.1 cm³/mol. The molecule has 112 valence electrons. The van der Waals surface area contributed by atoms with Crippen LogP contribution in [0.4, 0.5) is 11.6 Å².